The Hall–Kier alpha value is -2.86. The SMILES string of the molecule is COc1ccc(NC(=O)Cn2ncnc2-c2ccccc2Cl)cc1. The Morgan fingerprint density at radius 1 is 1.21 bits per heavy atom. The summed E-state index contributed by atoms with van der Waals surface area (Å²) >= 11 is 6.19. The fraction of sp³-hybridized carbons (Fsp3) is 0.118. The highest BCUT2D eigenvalue weighted by Crippen LogP contribution is 2.25. The van der Waals surface area contributed by atoms with E-state index in [0.29, 0.717) is 16.5 Å². The molecule has 1 amide bonds. The van der Waals surface area contributed by atoms with E-state index in [1.54, 1.807) is 37.4 Å². The Morgan fingerprint density at radius 2 is 1.96 bits per heavy atom. The van der Waals surface area contributed by atoms with Crippen molar-refractivity contribution in [2.45, 2.75) is 6.54 Å². The number of methoxy groups -OCH3 is 1. The molecular formula is C17H15ClN4O2. The van der Waals surface area contributed by atoms with Gasteiger partial charge in [-0.2, -0.15) is 5.10 Å². The second kappa shape index (κ2) is 7.14. The third kappa shape index (κ3) is 3.55. The first-order valence-electron chi connectivity index (χ1n) is 7.24. The second-order valence-electron chi connectivity index (χ2n) is 5.00. The average molecular weight is 343 g/mol. The van der Waals surface area contributed by atoms with E-state index in [0.717, 1.165) is 11.3 Å². The fourth-order valence-electron chi connectivity index (χ4n) is 2.24. The summed E-state index contributed by atoms with van der Waals surface area (Å²) in [4.78, 5) is 16.4. The summed E-state index contributed by atoms with van der Waals surface area (Å²) in [6.45, 7) is 0.0343. The molecule has 0 aliphatic rings. The van der Waals surface area contributed by atoms with Crippen LogP contribution in [0.15, 0.2) is 54.9 Å². The zero-order valence-electron chi connectivity index (χ0n) is 12.9. The molecule has 0 aliphatic heterocycles. The van der Waals surface area contributed by atoms with Gasteiger partial charge in [0.25, 0.3) is 0 Å². The summed E-state index contributed by atoms with van der Waals surface area (Å²) < 4.78 is 6.60. The smallest absolute Gasteiger partial charge is 0.246 e. The third-order valence-electron chi connectivity index (χ3n) is 3.40. The minimum Gasteiger partial charge on any atom is -0.497 e. The van der Waals surface area contributed by atoms with Crippen LogP contribution in [0.4, 0.5) is 5.69 Å². The molecule has 2 aromatic carbocycles. The number of carbonyl (C=O) groups excluding carboxylic acids is 1. The van der Waals surface area contributed by atoms with Gasteiger partial charge in [-0.05, 0) is 36.4 Å². The Kier molecular flexibility index (Phi) is 4.77. The van der Waals surface area contributed by atoms with Gasteiger partial charge in [0.2, 0.25) is 5.91 Å². The van der Waals surface area contributed by atoms with Crippen LogP contribution in [0.3, 0.4) is 0 Å². The normalized spacial score (nSPS) is 10.4. The fourth-order valence-corrected chi connectivity index (χ4v) is 2.46. The lowest BCUT2D eigenvalue weighted by atomic mass is 10.2. The van der Waals surface area contributed by atoms with Gasteiger partial charge >= 0.3 is 0 Å². The molecule has 3 rings (SSSR count). The molecule has 3 aromatic rings. The van der Waals surface area contributed by atoms with E-state index in [2.05, 4.69) is 15.4 Å². The van der Waals surface area contributed by atoms with Crippen molar-refractivity contribution in [2.75, 3.05) is 12.4 Å². The van der Waals surface area contributed by atoms with Crippen molar-refractivity contribution in [3.8, 4) is 17.1 Å². The molecular weight excluding hydrogens is 328 g/mol. The topological polar surface area (TPSA) is 69.0 Å². The molecule has 1 heterocycles. The average Bonchev–Trinajstić information content (AvgIpc) is 3.03. The number of aromatic nitrogens is 3. The van der Waals surface area contributed by atoms with Gasteiger partial charge < -0.3 is 10.1 Å². The van der Waals surface area contributed by atoms with Crippen LogP contribution in [0.1, 0.15) is 0 Å². The molecule has 0 bridgehead atoms. The lowest BCUT2D eigenvalue weighted by Gasteiger charge is -2.09. The maximum absolute atomic E-state index is 12.2. The number of rotatable bonds is 5. The van der Waals surface area contributed by atoms with E-state index in [-0.39, 0.29) is 12.5 Å². The molecule has 0 saturated carbocycles. The summed E-state index contributed by atoms with van der Waals surface area (Å²) in [5, 5.41) is 7.48. The van der Waals surface area contributed by atoms with E-state index in [1.165, 1.54) is 11.0 Å². The summed E-state index contributed by atoms with van der Waals surface area (Å²) in [7, 11) is 1.59. The monoisotopic (exact) mass is 342 g/mol. The Labute approximate surface area is 144 Å². The Morgan fingerprint density at radius 3 is 2.67 bits per heavy atom. The van der Waals surface area contributed by atoms with Gasteiger partial charge in [0.15, 0.2) is 5.82 Å². The van der Waals surface area contributed by atoms with Crippen molar-refractivity contribution in [1.29, 1.82) is 0 Å². The Bertz CT molecular complexity index is 846. The van der Waals surface area contributed by atoms with Gasteiger partial charge in [-0.15, -0.1) is 0 Å². The maximum Gasteiger partial charge on any atom is 0.246 e. The van der Waals surface area contributed by atoms with Gasteiger partial charge in [-0.25, -0.2) is 9.67 Å². The zero-order valence-corrected chi connectivity index (χ0v) is 13.7. The van der Waals surface area contributed by atoms with Crippen molar-refractivity contribution in [3.05, 3.63) is 59.9 Å². The van der Waals surface area contributed by atoms with Gasteiger partial charge in [-0.3, -0.25) is 4.79 Å². The number of nitrogens with one attached hydrogen (secondary N) is 1. The summed E-state index contributed by atoms with van der Waals surface area (Å²) in [6.07, 6.45) is 1.40. The predicted octanol–water partition coefficient (Wildman–Crippen LogP) is 3.25. The molecule has 0 saturated heterocycles. The molecule has 1 N–H and O–H groups in total. The van der Waals surface area contributed by atoms with E-state index >= 15 is 0 Å². The number of hydrogen-bond acceptors (Lipinski definition) is 4. The number of nitrogens with zero attached hydrogens (tertiary/aromatic N) is 3. The number of carbonyl (C=O) groups is 1. The molecule has 122 valence electrons. The molecule has 1 aromatic heterocycles. The third-order valence-corrected chi connectivity index (χ3v) is 3.73. The molecule has 0 radical (unpaired) electrons. The highest BCUT2D eigenvalue weighted by Gasteiger charge is 2.13. The Balaban J connectivity index is 1.73. The lowest BCUT2D eigenvalue weighted by molar-refractivity contribution is -0.116. The van der Waals surface area contributed by atoms with Crippen molar-refractivity contribution < 1.29 is 9.53 Å². The van der Waals surface area contributed by atoms with Gasteiger partial charge in [0, 0.05) is 11.3 Å². The number of ether oxygens (including phenoxy) is 1. The second-order valence-corrected chi connectivity index (χ2v) is 5.41. The van der Waals surface area contributed by atoms with Crippen molar-refractivity contribution in [2.24, 2.45) is 0 Å². The number of amides is 1. The first kappa shape index (κ1) is 16.0. The van der Waals surface area contributed by atoms with Crippen LogP contribution in [-0.4, -0.2) is 27.8 Å². The standard InChI is InChI=1S/C17H15ClN4O2/c1-24-13-8-6-12(7-9-13)21-16(23)10-22-17(19-11-20-22)14-4-2-3-5-15(14)18/h2-9,11H,10H2,1H3,(H,21,23). The zero-order chi connectivity index (χ0) is 16.9. The van der Waals surface area contributed by atoms with Crippen LogP contribution >= 0.6 is 11.6 Å². The van der Waals surface area contributed by atoms with E-state index in [4.69, 9.17) is 16.3 Å². The number of hydrogen-bond donors (Lipinski definition) is 1. The largest absolute Gasteiger partial charge is 0.497 e. The first-order valence-corrected chi connectivity index (χ1v) is 7.62. The highest BCUT2D eigenvalue weighted by atomic mass is 35.5. The van der Waals surface area contributed by atoms with Crippen molar-refractivity contribution in [1.82, 2.24) is 14.8 Å². The predicted molar refractivity (Wildman–Crippen MR) is 92.1 cm³/mol. The quantitative estimate of drug-likeness (QED) is 0.772. The van der Waals surface area contributed by atoms with Crippen LogP contribution in [0.5, 0.6) is 5.75 Å². The van der Waals surface area contributed by atoms with Crippen LogP contribution < -0.4 is 10.1 Å². The lowest BCUT2D eigenvalue weighted by Crippen LogP contribution is -2.20. The number of halogens is 1. The summed E-state index contributed by atoms with van der Waals surface area (Å²) in [6, 6.07) is 14.4. The minimum absolute atomic E-state index is 0.0343. The molecule has 0 unspecified atom stereocenters. The van der Waals surface area contributed by atoms with Crippen LogP contribution in [0.25, 0.3) is 11.4 Å². The van der Waals surface area contributed by atoms with Crippen LogP contribution in [-0.2, 0) is 11.3 Å². The highest BCUT2D eigenvalue weighted by molar-refractivity contribution is 6.33. The molecule has 0 spiro atoms. The van der Waals surface area contributed by atoms with Crippen LogP contribution in [0.2, 0.25) is 5.02 Å². The molecule has 7 heteroatoms. The van der Waals surface area contributed by atoms with E-state index < -0.39 is 0 Å². The molecule has 0 aliphatic carbocycles. The summed E-state index contributed by atoms with van der Waals surface area (Å²) in [5.74, 6) is 1.06. The minimum atomic E-state index is -0.209. The van der Waals surface area contributed by atoms with Crippen LogP contribution in [0, 0.1) is 0 Å². The molecule has 24 heavy (non-hydrogen) atoms. The molecule has 6 nitrogen and oxygen atoms in total. The van der Waals surface area contributed by atoms with Crippen molar-refractivity contribution >= 4 is 23.2 Å². The van der Waals surface area contributed by atoms with E-state index in [1.807, 2.05) is 18.2 Å². The van der Waals surface area contributed by atoms with Gasteiger partial charge in [0.05, 0.1) is 12.1 Å². The van der Waals surface area contributed by atoms with E-state index in [9.17, 15) is 4.79 Å². The number of benzene rings is 2. The number of anilines is 1. The first-order chi connectivity index (χ1) is 11.7. The molecule has 0 fully saturated rings. The molecule has 0 atom stereocenters. The van der Waals surface area contributed by atoms with Gasteiger partial charge in [0.1, 0.15) is 18.6 Å². The maximum atomic E-state index is 12.2. The summed E-state index contributed by atoms with van der Waals surface area (Å²) in [5.41, 5.74) is 1.41. The van der Waals surface area contributed by atoms with Gasteiger partial charge in [-0.1, -0.05) is 23.7 Å². The van der Waals surface area contributed by atoms with Crippen molar-refractivity contribution in [3.63, 3.8) is 0 Å².